The topological polar surface area (TPSA) is 110 Å². The normalized spacial score (nSPS) is 13.2. The molecule has 0 radical (unpaired) electrons. The van der Waals surface area contributed by atoms with E-state index >= 15 is 4.39 Å². The molecule has 1 amide bonds. The molecule has 3 aromatic rings. The number of hydrogen-bond acceptors (Lipinski definition) is 6. The van der Waals surface area contributed by atoms with Crippen molar-refractivity contribution in [2.75, 3.05) is 6.61 Å². The average molecular weight is 472 g/mol. The molecule has 4 rings (SSSR count). The van der Waals surface area contributed by atoms with Crippen LogP contribution in [0.4, 0.5) is 4.39 Å². The van der Waals surface area contributed by atoms with Crippen molar-refractivity contribution in [3.05, 3.63) is 57.3 Å². The number of ether oxygens (including phenoxy) is 1. The van der Waals surface area contributed by atoms with Crippen LogP contribution in [0.25, 0.3) is 22.6 Å². The highest BCUT2D eigenvalue weighted by molar-refractivity contribution is 6.33. The summed E-state index contributed by atoms with van der Waals surface area (Å²) in [4.78, 5) is 39.4. The third-order valence-electron chi connectivity index (χ3n) is 5.20. The molecule has 0 spiro atoms. The first-order valence-electron chi connectivity index (χ1n) is 10.6. The van der Waals surface area contributed by atoms with Crippen LogP contribution in [0.5, 0.6) is 6.01 Å². The van der Waals surface area contributed by atoms with Crippen molar-refractivity contribution in [1.82, 2.24) is 25.3 Å². The number of rotatable bonds is 8. The highest BCUT2D eigenvalue weighted by Crippen LogP contribution is 2.31. The Morgan fingerprint density at radius 3 is 2.70 bits per heavy atom. The van der Waals surface area contributed by atoms with Crippen LogP contribution in [0.2, 0.25) is 5.02 Å². The van der Waals surface area contributed by atoms with Crippen LogP contribution in [-0.4, -0.2) is 32.4 Å². The molecule has 2 aromatic heterocycles. The number of halogens is 2. The molecular formula is C23H23ClFN5O3. The molecule has 1 aliphatic rings. The van der Waals surface area contributed by atoms with Crippen LogP contribution < -0.4 is 15.6 Å². The number of nitrogens with zero attached hydrogens (tertiary/aromatic N) is 3. The van der Waals surface area contributed by atoms with E-state index < -0.39 is 11.4 Å². The summed E-state index contributed by atoms with van der Waals surface area (Å²) in [5.74, 6) is -0.580. The lowest BCUT2D eigenvalue weighted by Crippen LogP contribution is -2.27. The number of aromatic amines is 1. The van der Waals surface area contributed by atoms with Crippen molar-refractivity contribution in [1.29, 1.82) is 0 Å². The van der Waals surface area contributed by atoms with E-state index in [0.717, 1.165) is 12.8 Å². The molecule has 1 fully saturated rings. The first-order valence-corrected chi connectivity index (χ1v) is 11.0. The number of hydrogen-bond donors (Lipinski definition) is 2. The van der Waals surface area contributed by atoms with Gasteiger partial charge in [-0.2, -0.15) is 0 Å². The maximum Gasteiger partial charge on any atom is 0.316 e. The van der Waals surface area contributed by atoms with Gasteiger partial charge in [0, 0.05) is 42.0 Å². The lowest BCUT2D eigenvalue weighted by molar-refractivity contribution is -0.124. The summed E-state index contributed by atoms with van der Waals surface area (Å²) in [5.41, 5.74) is 0.404. The van der Waals surface area contributed by atoms with Gasteiger partial charge in [-0.05, 0) is 24.8 Å². The van der Waals surface area contributed by atoms with Gasteiger partial charge in [0.05, 0.1) is 22.9 Å². The van der Waals surface area contributed by atoms with Crippen molar-refractivity contribution < 1.29 is 13.9 Å². The lowest BCUT2D eigenvalue weighted by atomic mass is 10.1. The van der Waals surface area contributed by atoms with E-state index in [1.54, 1.807) is 13.8 Å². The quantitative estimate of drug-likeness (QED) is 0.517. The second kappa shape index (κ2) is 9.66. The van der Waals surface area contributed by atoms with E-state index in [4.69, 9.17) is 16.3 Å². The van der Waals surface area contributed by atoms with E-state index in [1.807, 2.05) is 0 Å². The van der Waals surface area contributed by atoms with Gasteiger partial charge in [0.1, 0.15) is 11.6 Å². The molecular weight excluding hydrogens is 449 g/mol. The molecule has 0 atom stereocenters. The average Bonchev–Trinajstić information content (AvgIpc) is 3.61. The predicted octanol–water partition coefficient (Wildman–Crippen LogP) is 3.75. The Labute approximate surface area is 194 Å². The number of nitrogens with one attached hydrogen (secondary N) is 2. The van der Waals surface area contributed by atoms with Gasteiger partial charge in [0.2, 0.25) is 5.91 Å². The van der Waals surface area contributed by atoms with E-state index in [1.165, 1.54) is 30.6 Å². The van der Waals surface area contributed by atoms with E-state index in [9.17, 15) is 9.59 Å². The van der Waals surface area contributed by atoms with Crippen LogP contribution in [0.1, 0.15) is 32.3 Å². The summed E-state index contributed by atoms with van der Waals surface area (Å²) < 4.78 is 20.8. The highest BCUT2D eigenvalue weighted by atomic mass is 35.5. The number of H-pyrrole nitrogens is 1. The fourth-order valence-corrected chi connectivity index (χ4v) is 3.29. The Hall–Kier alpha value is -3.33. The Morgan fingerprint density at radius 1 is 1.30 bits per heavy atom. The van der Waals surface area contributed by atoms with Gasteiger partial charge in [-0.25, -0.2) is 19.3 Å². The molecule has 2 N–H and O–H groups in total. The zero-order chi connectivity index (χ0) is 23.5. The second-order valence-electron chi connectivity index (χ2n) is 8.26. The number of benzene rings is 1. The Morgan fingerprint density at radius 2 is 2.03 bits per heavy atom. The lowest BCUT2D eigenvalue weighted by Gasteiger charge is -2.12. The number of aromatic nitrogens is 4. The molecule has 33 heavy (non-hydrogen) atoms. The third-order valence-corrected chi connectivity index (χ3v) is 5.51. The maximum absolute atomic E-state index is 15.3. The van der Waals surface area contributed by atoms with E-state index in [2.05, 4.69) is 25.3 Å². The van der Waals surface area contributed by atoms with E-state index in [-0.39, 0.29) is 52.0 Å². The zero-order valence-corrected chi connectivity index (χ0v) is 18.9. The van der Waals surface area contributed by atoms with Gasteiger partial charge in [-0.1, -0.05) is 31.5 Å². The van der Waals surface area contributed by atoms with Crippen LogP contribution in [-0.2, 0) is 11.3 Å². The molecule has 8 nitrogen and oxygen atoms in total. The minimum Gasteiger partial charge on any atom is -0.463 e. The minimum atomic E-state index is -0.674. The third kappa shape index (κ3) is 5.54. The summed E-state index contributed by atoms with van der Waals surface area (Å²) >= 11 is 6.26. The van der Waals surface area contributed by atoms with Crippen LogP contribution in [0, 0.1) is 17.7 Å². The van der Waals surface area contributed by atoms with Gasteiger partial charge in [0.15, 0.2) is 0 Å². The standard InChI is InChI=1S/C23H23ClFN5O3/c1-12(2)22(32)26-8-14-5-6-16(24)19(20(14)25)21-29-17(7-18(31)30-21)15-9-27-23(28-10-15)33-11-13-3-4-13/h5-7,9-10,12-13H,3-4,8,11H2,1-2H3,(H,26,32)(H,29,30,31). The fraction of sp³-hybridized carbons (Fsp3) is 0.348. The van der Waals surface area contributed by atoms with Crippen molar-refractivity contribution >= 4 is 17.5 Å². The van der Waals surface area contributed by atoms with Gasteiger partial charge in [-0.15, -0.1) is 0 Å². The minimum absolute atomic E-state index is 0.0207. The Balaban J connectivity index is 1.62. The van der Waals surface area contributed by atoms with Crippen LogP contribution in [0.3, 0.4) is 0 Å². The van der Waals surface area contributed by atoms with Crippen molar-refractivity contribution in [3.8, 4) is 28.7 Å². The SMILES string of the molecule is CC(C)C(=O)NCc1ccc(Cl)c(-c2nc(-c3cnc(OCC4CC4)nc3)cc(=O)[nH]2)c1F. The Bertz CT molecular complexity index is 1230. The number of carbonyl (C=O) groups excluding carboxylic acids is 1. The fourth-order valence-electron chi connectivity index (χ4n) is 3.06. The molecule has 0 unspecified atom stereocenters. The molecule has 2 heterocycles. The summed E-state index contributed by atoms with van der Waals surface area (Å²) in [7, 11) is 0. The smallest absolute Gasteiger partial charge is 0.316 e. The van der Waals surface area contributed by atoms with E-state index in [0.29, 0.717) is 18.1 Å². The molecule has 1 aromatic carbocycles. The molecule has 0 saturated heterocycles. The summed E-state index contributed by atoms with van der Waals surface area (Å²) in [6, 6.07) is 4.50. The first-order chi connectivity index (χ1) is 15.8. The molecule has 10 heteroatoms. The monoisotopic (exact) mass is 471 g/mol. The molecule has 1 saturated carbocycles. The second-order valence-corrected chi connectivity index (χ2v) is 8.66. The molecule has 1 aliphatic carbocycles. The Kier molecular flexibility index (Phi) is 6.69. The van der Waals surface area contributed by atoms with Crippen molar-refractivity contribution in [3.63, 3.8) is 0 Å². The van der Waals surface area contributed by atoms with Gasteiger partial charge in [-0.3, -0.25) is 9.59 Å². The van der Waals surface area contributed by atoms with Crippen molar-refractivity contribution in [2.45, 2.75) is 33.2 Å². The molecule has 172 valence electrons. The molecule has 0 aliphatic heterocycles. The van der Waals surface area contributed by atoms with Gasteiger partial charge < -0.3 is 15.0 Å². The summed E-state index contributed by atoms with van der Waals surface area (Å²) in [6.07, 6.45) is 5.30. The highest BCUT2D eigenvalue weighted by Gasteiger charge is 2.22. The van der Waals surface area contributed by atoms with Gasteiger partial charge in [0.25, 0.3) is 5.56 Å². The van der Waals surface area contributed by atoms with Crippen LogP contribution >= 0.6 is 11.6 Å². The number of carbonyl (C=O) groups is 1. The zero-order valence-electron chi connectivity index (χ0n) is 18.2. The predicted molar refractivity (Wildman–Crippen MR) is 121 cm³/mol. The maximum atomic E-state index is 15.3. The molecule has 0 bridgehead atoms. The van der Waals surface area contributed by atoms with Crippen LogP contribution in [0.15, 0.2) is 35.4 Å². The number of amides is 1. The first kappa shape index (κ1) is 22.8. The summed E-state index contributed by atoms with van der Waals surface area (Å²) in [5, 5.41) is 2.75. The van der Waals surface area contributed by atoms with Gasteiger partial charge >= 0.3 is 6.01 Å². The summed E-state index contributed by atoms with van der Waals surface area (Å²) in [6.45, 7) is 4.05. The largest absolute Gasteiger partial charge is 0.463 e. The van der Waals surface area contributed by atoms with Crippen molar-refractivity contribution in [2.24, 2.45) is 11.8 Å².